The summed E-state index contributed by atoms with van der Waals surface area (Å²) in [7, 11) is 0. The summed E-state index contributed by atoms with van der Waals surface area (Å²) in [5.74, 6) is 0. The molecule has 1 heterocycles. The molecule has 0 amide bonds. The van der Waals surface area contributed by atoms with Crippen molar-refractivity contribution in [1.29, 1.82) is 0 Å². The first-order valence-electron chi connectivity index (χ1n) is 4.35. The maximum absolute atomic E-state index is 9.88. The molecular weight excluding hydrogens is 244 g/mol. The zero-order valence-corrected chi connectivity index (χ0v) is 9.59. The molecule has 3 nitrogen and oxygen atoms in total. The molecule has 4 heteroatoms. The summed E-state index contributed by atoms with van der Waals surface area (Å²) in [6.45, 7) is 3.47. The van der Waals surface area contributed by atoms with Gasteiger partial charge in [-0.25, -0.2) is 0 Å². The van der Waals surface area contributed by atoms with Crippen LogP contribution in [-0.4, -0.2) is 15.3 Å². The van der Waals surface area contributed by atoms with Crippen LogP contribution in [0.2, 0.25) is 0 Å². The highest BCUT2D eigenvalue weighted by atomic mass is 79.9. The molecule has 2 aromatic rings. The number of halogens is 1. The lowest BCUT2D eigenvalue weighted by Gasteiger charge is -2.15. The fourth-order valence-electron chi connectivity index (χ4n) is 1.45. The summed E-state index contributed by atoms with van der Waals surface area (Å²) < 4.78 is 0.983. The second kappa shape index (κ2) is 3.07. The van der Waals surface area contributed by atoms with E-state index >= 15 is 0 Å². The van der Waals surface area contributed by atoms with E-state index in [4.69, 9.17) is 0 Å². The maximum atomic E-state index is 9.88. The molecule has 74 valence electrons. The standard InChI is InChI=1S/C10H11BrN2O/c1-10(2,14)9-7-5-6(11)3-4-8(7)12-13-9/h3-5,14H,1-2H3,(H,12,13). The van der Waals surface area contributed by atoms with Crippen molar-refractivity contribution in [3.8, 4) is 0 Å². The Morgan fingerprint density at radius 1 is 1.43 bits per heavy atom. The molecule has 0 unspecified atom stereocenters. The summed E-state index contributed by atoms with van der Waals surface area (Å²) in [5.41, 5.74) is 0.717. The van der Waals surface area contributed by atoms with E-state index < -0.39 is 5.60 Å². The van der Waals surface area contributed by atoms with E-state index in [1.807, 2.05) is 18.2 Å². The van der Waals surface area contributed by atoms with E-state index in [-0.39, 0.29) is 0 Å². The van der Waals surface area contributed by atoms with Gasteiger partial charge in [-0.2, -0.15) is 5.10 Å². The van der Waals surface area contributed by atoms with Crippen LogP contribution in [0.25, 0.3) is 10.9 Å². The zero-order valence-electron chi connectivity index (χ0n) is 8.00. The second-order valence-electron chi connectivity index (χ2n) is 3.82. The van der Waals surface area contributed by atoms with Crippen LogP contribution in [0.4, 0.5) is 0 Å². The molecule has 0 bridgehead atoms. The molecule has 0 aliphatic carbocycles. The Morgan fingerprint density at radius 3 is 2.79 bits per heavy atom. The minimum absolute atomic E-state index is 0.744. The molecule has 14 heavy (non-hydrogen) atoms. The average molecular weight is 255 g/mol. The molecular formula is C10H11BrN2O. The monoisotopic (exact) mass is 254 g/mol. The Morgan fingerprint density at radius 2 is 2.14 bits per heavy atom. The van der Waals surface area contributed by atoms with Gasteiger partial charge in [0.05, 0.1) is 11.2 Å². The molecule has 0 fully saturated rings. The summed E-state index contributed by atoms with van der Waals surface area (Å²) in [4.78, 5) is 0. The lowest BCUT2D eigenvalue weighted by atomic mass is 10.0. The number of aromatic nitrogens is 2. The number of nitrogens with zero attached hydrogens (tertiary/aromatic N) is 1. The third-order valence-corrected chi connectivity index (χ3v) is 2.62. The van der Waals surface area contributed by atoms with Gasteiger partial charge < -0.3 is 5.11 Å². The fourth-order valence-corrected chi connectivity index (χ4v) is 1.81. The van der Waals surface area contributed by atoms with Gasteiger partial charge in [0.25, 0.3) is 0 Å². The molecule has 0 spiro atoms. The van der Waals surface area contributed by atoms with Gasteiger partial charge in [0.15, 0.2) is 0 Å². The molecule has 0 saturated carbocycles. The van der Waals surface area contributed by atoms with Gasteiger partial charge in [-0.15, -0.1) is 0 Å². The first kappa shape index (κ1) is 9.68. The number of hydrogen-bond donors (Lipinski definition) is 2. The molecule has 0 radical (unpaired) electrons. The highest BCUT2D eigenvalue weighted by Crippen LogP contribution is 2.27. The summed E-state index contributed by atoms with van der Waals surface area (Å²) in [6, 6.07) is 5.79. The normalized spacial score (nSPS) is 12.3. The van der Waals surface area contributed by atoms with Gasteiger partial charge >= 0.3 is 0 Å². The van der Waals surface area contributed by atoms with Gasteiger partial charge in [-0.3, -0.25) is 5.10 Å². The predicted molar refractivity (Wildman–Crippen MR) is 59.0 cm³/mol. The number of aromatic amines is 1. The second-order valence-corrected chi connectivity index (χ2v) is 4.73. The largest absolute Gasteiger partial charge is 0.384 e. The highest BCUT2D eigenvalue weighted by Gasteiger charge is 2.21. The number of H-pyrrole nitrogens is 1. The van der Waals surface area contributed by atoms with Crippen molar-refractivity contribution in [2.75, 3.05) is 0 Å². The van der Waals surface area contributed by atoms with Crippen molar-refractivity contribution in [2.45, 2.75) is 19.4 Å². The van der Waals surface area contributed by atoms with E-state index in [9.17, 15) is 5.11 Å². The Balaban J connectivity index is 2.73. The third-order valence-electron chi connectivity index (χ3n) is 2.13. The summed E-state index contributed by atoms with van der Waals surface area (Å²) in [5, 5.41) is 17.8. The molecule has 1 aromatic heterocycles. The first-order valence-corrected chi connectivity index (χ1v) is 5.14. The minimum atomic E-state index is -0.893. The Bertz CT molecular complexity index is 470. The van der Waals surface area contributed by atoms with Crippen molar-refractivity contribution in [3.63, 3.8) is 0 Å². The molecule has 0 saturated heterocycles. The van der Waals surface area contributed by atoms with Crippen molar-refractivity contribution in [3.05, 3.63) is 28.4 Å². The summed E-state index contributed by atoms with van der Waals surface area (Å²) >= 11 is 3.39. The van der Waals surface area contributed by atoms with Gasteiger partial charge in [-0.05, 0) is 32.0 Å². The van der Waals surface area contributed by atoms with Gasteiger partial charge in [0.1, 0.15) is 5.60 Å². The Labute approximate surface area is 90.3 Å². The lowest BCUT2D eigenvalue weighted by molar-refractivity contribution is 0.0753. The molecule has 0 atom stereocenters. The van der Waals surface area contributed by atoms with Crippen LogP contribution in [0.5, 0.6) is 0 Å². The molecule has 0 aliphatic heterocycles. The number of aliphatic hydroxyl groups is 1. The Kier molecular flexibility index (Phi) is 2.12. The van der Waals surface area contributed by atoms with Gasteiger partial charge in [0, 0.05) is 9.86 Å². The lowest BCUT2D eigenvalue weighted by Crippen LogP contribution is -2.16. The van der Waals surface area contributed by atoms with E-state index in [2.05, 4.69) is 26.1 Å². The Hall–Kier alpha value is -0.870. The highest BCUT2D eigenvalue weighted by molar-refractivity contribution is 9.10. The SMILES string of the molecule is CC(C)(O)c1[nH]nc2ccc(Br)cc12. The number of fused-ring (bicyclic) bond motifs is 1. The number of rotatable bonds is 1. The van der Waals surface area contributed by atoms with Crippen LogP contribution in [0.3, 0.4) is 0 Å². The van der Waals surface area contributed by atoms with Crippen LogP contribution >= 0.6 is 15.9 Å². The zero-order chi connectivity index (χ0) is 10.3. The van der Waals surface area contributed by atoms with Crippen molar-refractivity contribution < 1.29 is 5.11 Å². The molecule has 2 rings (SSSR count). The van der Waals surface area contributed by atoms with E-state index in [0.717, 1.165) is 21.1 Å². The molecule has 1 aromatic carbocycles. The van der Waals surface area contributed by atoms with Crippen LogP contribution in [-0.2, 0) is 5.60 Å². The van der Waals surface area contributed by atoms with E-state index in [1.165, 1.54) is 0 Å². The van der Waals surface area contributed by atoms with Crippen LogP contribution in [0.1, 0.15) is 19.5 Å². The van der Waals surface area contributed by atoms with Crippen molar-refractivity contribution >= 4 is 26.8 Å². The van der Waals surface area contributed by atoms with E-state index in [1.54, 1.807) is 13.8 Å². The van der Waals surface area contributed by atoms with E-state index in [0.29, 0.717) is 0 Å². The average Bonchev–Trinajstić information content (AvgIpc) is 2.45. The number of nitrogens with one attached hydrogen (secondary N) is 1. The topological polar surface area (TPSA) is 48.9 Å². The first-order chi connectivity index (χ1) is 6.48. The molecule has 0 aliphatic rings. The smallest absolute Gasteiger partial charge is 0.101 e. The molecule has 2 N–H and O–H groups in total. The van der Waals surface area contributed by atoms with Crippen molar-refractivity contribution in [1.82, 2.24) is 10.2 Å². The number of hydrogen-bond acceptors (Lipinski definition) is 2. The van der Waals surface area contributed by atoms with Gasteiger partial charge in [0.2, 0.25) is 0 Å². The fraction of sp³-hybridized carbons (Fsp3) is 0.300. The summed E-state index contributed by atoms with van der Waals surface area (Å²) in [6.07, 6.45) is 0. The predicted octanol–water partition coefficient (Wildman–Crippen LogP) is 2.55. The maximum Gasteiger partial charge on any atom is 0.101 e. The van der Waals surface area contributed by atoms with Crippen molar-refractivity contribution in [2.24, 2.45) is 0 Å². The number of benzene rings is 1. The van der Waals surface area contributed by atoms with Crippen LogP contribution in [0, 0.1) is 0 Å². The van der Waals surface area contributed by atoms with Crippen LogP contribution in [0.15, 0.2) is 22.7 Å². The third kappa shape index (κ3) is 1.55. The quantitative estimate of drug-likeness (QED) is 0.822. The minimum Gasteiger partial charge on any atom is -0.384 e. The van der Waals surface area contributed by atoms with Crippen LogP contribution < -0.4 is 0 Å². The van der Waals surface area contributed by atoms with Gasteiger partial charge in [-0.1, -0.05) is 15.9 Å².